The number of rotatable bonds is 6. The molecule has 0 aliphatic rings. The lowest BCUT2D eigenvalue weighted by molar-refractivity contribution is 0.0972. The molecule has 0 saturated carbocycles. The number of hydrogen-bond donors (Lipinski definition) is 1. The van der Waals surface area contributed by atoms with Crippen LogP contribution in [0.5, 0.6) is 0 Å². The molecule has 4 rings (SSSR count). The van der Waals surface area contributed by atoms with Crippen LogP contribution in [-0.2, 0) is 0 Å². The molecule has 0 radical (unpaired) electrons. The molecule has 7 heteroatoms. The van der Waals surface area contributed by atoms with Crippen molar-refractivity contribution in [2.24, 2.45) is 5.92 Å². The Labute approximate surface area is 173 Å². The van der Waals surface area contributed by atoms with E-state index in [4.69, 9.17) is 0 Å². The van der Waals surface area contributed by atoms with Crippen molar-refractivity contribution in [3.8, 4) is 10.8 Å². The van der Waals surface area contributed by atoms with Crippen LogP contribution >= 0.6 is 11.3 Å². The summed E-state index contributed by atoms with van der Waals surface area (Å²) in [6.45, 7) is 6.43. The first-order valence-corrected chi connectivity index (χ1v) is 10.5. The van der Waals surface area contributed by atoms with Gasteiger partial charge in [-0.25, -0.2) is 15.0 Å². The van der Waals surface area contributed by atoms with Crippen LogP contribution in [0.25, 0.3) is 21.7 Å². The van der Waals surface area contributed by atoms with Crippen molar-refractivity contribution >= 4 is 33.8 Å². The summed E-state index contributed by atoms with van der Waals surface area (Å²) in [7, 11) is 0. The van der Waals surface area contributed by atoms with Gasteiger partial charge in [-0.1, -0.05) is 13.8 Å². The average molecular weight is 406 g/mol. The third-order valence-corrected chi connectivity index (χ3v) is 5.61. The molecule has 6 nitrogen and oxygen atoms in total. The molecule has 3 aromatic heterocycles. The van der Waals surface area contributed by atoms with Gasteiger partial charge in [-0.05, 0) is 49.6 Å². The SMILES string of the molecule is CC(C)CC(C)N(C(=O)c1csc(-c2ncccn2)n1)c1ccc2[nH]ccc2c1. The average Bonchev–Trinajstić information content (AvgIpc) is 3.37. The van der Waals surface area contributed by atoms with E-state index in [0.29, 0.717) is 22.4 Å². The van der Waals surface area contributed by atoms with Gasteiger partial charge in [0.2, 0.25) is 0 Å². The number of carbonyl (C=O) groups is 1. The third kappa shape index (κ3) is 4.05. The van der Waals surface area contributed by atoms with Crippen LogP contribution < -0.4 is 4.90 Å². The van der Waals surface area contributed by atoms with Crippen molar-refractivity contribution in [3.05, 3.63) is 60.0 Å². The zero-order chi connectivity index (χ0) is 20.4. The van der Waals surface area contributed by atoms with Gasteiger partial charge in [0, 0.05) is 46.6 Å². The van der Waals surface area contributed by atoms with Gasteiger partial charge < -0.3 is 9.88 Å². The Hall–Kier alpha value is -3.06. The highest BCUT2D eigenvalue weighted by Crippen LogP contribution is 2.28. The lowest BCUT2D eigenvalue weighted by Crippen LogP contribution is -2.39. The van der Waals surface area contributed by atoms with E-state index in [0.717, 1.165) is 23.0 Å². The Morgan fingerprint density at radius 1 is 1.17 bits per heavy atom. The Morgan fingerprint density at radius 3 is 2.72 bits per heavy atom. The summed E-state index contributed by atoms with van der Waals surface area (Å²) in [5.41, 5.74) is 2.35. The Kier molecular flexibility index (Phi) is 5.40. The lowest BCUT2D eigenvalue weighted by Gasteiger charge is -2.30. The predicted molar refractivity (Wildman–Crippen MR) is 117 cm³/mol. The van der Waals surface area contributed by atoms with E-state index in [-0.39, 0.29) is 11.9 Å². The maximum absolute atomic E-state index is 13.5. The number of fused-ring (bicyclic) bond motifs is 1. The number of nitrogens with zero attached hydrogens (tertiary/aromatic N) is 4. The van der Waals surface area contributed by atoms with E-state index in [1.54, 1.807) is 23.8 Å². The molecule has 4 aromatic rings. The molecule has 148 valence electrons. The van der Waals surface area contributed by atoms with E-state index in [2.05, 4.69) is 40.7 Å². The molecule has 1 amide bonds. The molecule has 0 bridgehead atoms. The van der Waals surface area contributed by atoms with Crippen LogP contribution in [0.3, 0.4) is 0 Å². The molecule has 3 heterocycles. The van der Waals surface area contributed by atoms with Crippen molar-refractivity contribution in [1.29, 1.82) is 0 Å². The Bertz CT molecular complexity index is 1120. The maximum atomic E-state index is 13.5. The number of aromatic nitrogens is 4. The van der Waals surface area contributed by atoms with Crippen molar-refractivity contribution in [2.45, 2.75) is 33.2 Å². The van der Waals surface area contributed by atoms with Crippen molar-refractivity contribution in [1.82, 2.24) is 19.9 Å². The zero-order valence-corrected chi connectivity index (χ0v) is 17.5. The standard InChI is InChI=1S/C22H23N5OS/c1-14(2)11-15(3)27(17-5-6-18-16(12-17)7-10-23-18)22(28)19-13-29-21(26-19)20-24-8-4-9-25-20/h4-10,12-15,23H,11H2,1-3H3. The molecule has 1 N–H and O–H groups in total. The maximum Gasteiger partial charge on any atom is 0.278 e. The van der Waals surface area contributed by atoms with E-state index < -0.39 is 0 Å². The second kappa shape index (κ2) is 8.13. The summed E-state index contributed by atoms with van der Waals surface area (Å²) >= 11 is 1.38. The highest BCUT2D eigenvalue weighted by molar-refractivity contribution is 7.13. The Morgan fingerprint density at radius 2 is 1.97 bits per heavy atom. The summed E-state index contributed by atoms with van der Waals surface area (Å²) in [6, 6.07) is 9.86. The number of amides is 1. The monoisotopic (exact) mass is 405 g/mol. The molecule has 0 saturated heterocycles. The van der Waals surface area contributed by atoms with Gasteiger partial charge in [0.15, 0.2) is 10.8 Å². The number of nitrogens with one attached hydrogen (secondary N) is 1. The van der Waals surface area contributed by atoms with Crippen molar-refractivity contribution < 1.29 is 4.79 Å². The fourth-order valence-corrected chi connectivity index (χ4v) is 4.30. The first-order chi connectivity index (χ1) is 14.0. The van der Waals surface area contributed by atoms with Crippen LogP contribution in [0.2, 0.25) is 0 Å². The number of carbonyl (C=O) groups excluding carboxylic acids is 1. The normalized spacial score (nSPS) is 12.4. The number of H-pyrrole nitrogens is 1. The zero-order valence-electron chi connectivity index (χ0n) is 16.7. The van der Waals surface area contributed by atoms with E-state index >= 15 is 0 Å². The quantitative estimate of drug-likeness (QED) is 0.481. The molecule has 1 unspecified atom stereocenters. The van der Waals surface area contributed by atoms with Crippen LogP contribution in [0.1, 0.15) is 37.7 Å². The minimum absolute atomic E-state index is 0.0389. The number of aromatic amines is 1. The number of hydrogen-bond acceptors (Lipinski definition) is 5. The Balaban J connectivity index is 1.70. The van der Waals surface area contributed by atoms with Gasteiger partial charge in [0.05, 0.1) is 0 Å². The first kappa shape index (κ1) is 19.3. The van der Waals surface area contributed by atoms with Crippen LogP contribution in [0.15, 0.2) is 54.3 Å². The summed E-state index contributed by atoms with van der Waals surface area (Å²) in [5.74, 6) is 0.901. The van der Waals surface area contributed by atoms with Crippen LogP contribution in [0.4, 0.5) is 5.69 Å². The van der Waals surface area contributed by atoms with Crippen LogP contribution in [-0.4, -0.2) is 31.9 Å². The minimum Gasteiger partial charge on any atom is -0.361 e. The summed E-state index contributed by atoms with van der Waals surface area (Å²) < 4.78 is 0. The summed E-state index contributed by atoms with van der Waals surface area (Å²) in [5, 5.41) is 3.51. The smallest absolute Gasteiger partial charge is 0.278 e. The van der Waals surface area contributed by atoms with Gasteiger partial charge in [-0.2, -0.15) is 0 Å². The first-order valence-electron chi connectivity index (χ1n) is 9.66. The van der Waals surface area contributed by atoms with Gasteiger partial charge >= 0.3 is 0 Å². The number of anilines is 1. The largest absolute Gasteiger partial charge is 0.361 e. The fraction of sp³-hybridized carbons (Fsp3) is 0.273. The molecular weight excluding hydrogens is 382 g/mol. The van der Waals surface area contributed by atoms with Crippen molar-refractivity contribution in [3.63, 3.8) is 0 Å². The molecular formula is C22H23N5OS. The summed E-state index contributed by atoms with van der Waals surface area (Å²) in [6.07, 6.45) is 6.16. The third-order valence-electron chi connectivity index (χ3n) is 4.77. The van der Waals surface area contributed by atoms with E-state index in [1.807, 2.05) is 35.4 Å². The second-order valence-corrected chi connectivity index (χ2v) is 8.37. The van der Waals surface area contributed by atoms with Gasteiger partial charge in [0.25, 0.3) is 5.91 Å². The van der Waals surface area contributed by atoms with E-state index in [9.17, 15) is 4.79 Å². The molecule has 0 aliphatic heterocycles. The molecule has 0 aliphatic carbocycles. The summed E-state index contributed by atoms with van der Waals surface area (Å²) in [4.78, 5) is 31.6. The van der Waals surface area contributed by atoms with Gasteiger partial charge in [0.1, 0.15) is 5.69 Å². The molecule has 1 aromatic carbocycles. The second-order valence-electron chi connectivity index (χ2n) is 7.51. The predicted octanol–water partition coefficient (Wildman–Crippen LogP) is 5.16. The lowest BCUT2D eigenvalue weighted by atomic mass is 10.0. The molecule has 1 atom stereocenters. The number of thiazole rings is 1. The van der Waals surface area contributed by atoms with Gasteiger partial charge in [-0.3, -0.25) is 4.79 Å². The van der Waals surface area contributed by atoms with E-state index in [1.165, 1.54) is 11.3 Å². The topological polar surface area (TPSA) is 74.8 Å². The van der Waals surface area contributed by atoms with Crippen LogP contribution in [0, 0.1) is 5.92 Å². The molecule has 0 spiro atoms. The highest BCUT2D eigenvalue weighted by atomic mass is 32.1. The van der Waals surface area contributed by atoms with Crippen molar-refractivity contribution in [2.75, 3.05) is 4.90 Å². The number of benzene rings is 1. The highest BCUT2D eigenvalue weighted by Gasteiger charge is 2.26. The minimum atomic E-state index is -0.105. The van der Waals surface area contributed by atoms with Gasteiger partial charge in [-0.15, -0.1) is 11.3 Å². The molecule has 29 heavy (non-hydrogen) atoms. The fourth-order valence-electron chi connectivity index (χ4n) is 3.56. The molecule has 0 fully saturated rings.